The first kappa shape index (κ1) is 14.7. The molecule has 0 aliphatic carbocycles. The van der Waals surface area contributed by atoms with Crippen LogP contribution in [-0.4, -0.2) is 28.7 Å². The van der Waals surface area contributed by atoms with E-state index in [4.69, 9.17) is 4.74 Å². The van der Waals surface area contributed by atoms with Gasteiger partial charge in [-0.15, -0.1) is 0 Å². The second kappa shape index (κ2) is 6.17. The molecule has 2 rings (SSSR count). The number of ketones is 2. The summed E-state index contributed by atoms with van der Waals surface area (Å²) < 4.78 is 6.50. The van der Waals surface area contributed by atoms with E-state index >= 15 is 0 Å². The molecule has 0 fully saturated rings. The van der Waals surface area contributed by atoms with Gasteiger partial charge >= 0.3 is 5.97 Å². The number of carbonyl (C=O) groups excluding carboxylic acids is 3. The highest BCUT2D eigenvalue weighted by Crippen LogP contribution is 2.10. The molecule has 108 valence electrons. The van der Waals surface area contributed by atoms with Crippen molar-refractivity contribution < 1.29 is 19.1 Å². The van der Waals surface area contributed by atoms with Crippen molar-refractivity contribution in [2.24, 2.45) is 7.05 Å². The zero-order valence-corrected chi connectivity index (χ0v) is 11.8. The molecule has 1 aromatic heterocycles. The minimum absolute atomic E-state index is 0.134. The molecule has 0 aliphatic rings. The van der Waals surface area contributed by atoms with E-state index in [9.17, 15) is 14.4 Å². The summed E-state index contributed by atoms with van der Waals surface area (Å²) in [7, 11) is 1.64. The van der Waals surface area contributed by atoms with Gasteiger partial charge in [0.2, 0.25) is 0 Å². The Kier molecular flexibility index (Phi) is 4.33. The summed E-state index contributed by atoms with van der Waals surface area (Å²) in [5, 5.41) is 0. The molecule has 2 aromatic rings. The summed E-state index contributed by atoms with van der Waals surface area (Å²) in [6.07, 6.45) is 1.55. The molecule has 1 heterocycles. The number of hydrogen-bond acceptors (Lipinski definition) is 4. The summed E-state index contributed by atoms with van der Waals surface area (Å²) in [4.78, 5) is 35.0. The molecule has 0 bridgehead atoms. The van der Waals surface area contributed by atoms with Gasteiger partial charge in [0, 0.05) is 24.4 Å². The predicted octanol–water partition coefficient (Wildman–Crippen LogP) is 2.27. The molecule has 0 atom stereocenters. The van der Waals surface area contributed by atoms with Gasteiger partial charge in [-0.05, 0) is 13.0 Å². The third kappa shape index (κ3) is 3.45. The van der Waals surface area contributed by atoms with Crippen molar-refractivity contribution in [3.05, 3.63) is 59.4 Å². The van der Waals surface area contributed by atoms with Crippen LogP contribution in [0.2, 0.25) is 0 Å². The monoisotopic (exact) mass is 285 g/mol. The van der Waals surface area contributed by atoms with Gasteiger partial charge in [-0.2, -0.15) is 0 Å². The fraction of sp³-hybridized carbons (Fsp3) is 0.188. The van der Waals surface area contributed by atoms with Gasteiger partial charge in [0.15, 0.2) is 18.2 Å². The fourth-order valence-corrected chi connectivity index (χ4v) is 1.87. The zero-order chi connectivity index (χ0) is 15.4. The van der Waals surface area contributed by atoms with E-state index in [1.807, 2.05) is 0 Å². The molecule has 0 saturated carbocycles. The lowest BCUT2D eigenvalue weighted by Gasteiger charge is -2.05. The predicted molar refractivity (Wildman–Crippen MR) is 76.5 cm³/mol. The van der Waals surface area contributed by atoms with Gasteiger partial charge in [0.05, 0.1) is 0 Å². The average Bonchev–Trinajstić information content (AvgIpc) is 2.87. The Labute approximate surface area is 122 Å². The van der Waals surface area contributed by atoms with Crippen molar-refractivity contribution in [1.29, 1.82) is 0 Å². The van der Waals surface area contributed by atoms with Crippen molar-refractivity contribution in [2.45, 2.75) is 6.92 Å². The van der Waals surface area contributed by atoms with E-state index in [1.165, 1.54) is 17.6 Å². The number of ether oxygens (including phenoxy) is 1. The van der Waals surface area contributed by atoms with E-state index in [0.717, 1.165) is 0 Å². The van der Waals surface area contributed by atoms with Crippen molar-refractivity contribution >= 4 is 17.5 Å². The lowest BCUT2D eigenvalue weighted by Crippen LogP contribution is -2.16. The smallest absolute Gasteiger partial charge is 0.355 e. The number of benzene rings is 1. The number of aryl methyl sites for hydroxylation is 1. The van der Waals surface area contributed by atoms with E-state index in [0.29, 0.717) is 11.1 Å². The topological polar surface area (TPSA) is 65.4 Å². The lowest BCUT2D eigenvalue weighted by atomic mass is 10.1. The van der Waals surface area contributed by atoms with Crippen LogP contribution in [0.4, 0.5) is 0 Å². The van der Waals surface area contributed by atoms with Crippen LogP contribution in [0, 0.1) is 0 Å². The molecule has 1 aromatic carbocycles. The molecule has 5 nitrogen and oxygen atoms in total. The second-order valence-corrected chi connectivity index (χ2v) is 4.65. The van der Waals surface area contributed by atoms with Crippen LogP contribution >= 0.6 is 0 Å². The molecule has 21 heavy (non-hydrogen) atoms. The minimum atomic E-state index is -0.630. The molecule has 0 unspecified atom stereocenters. The SMILES string of the molecule is CC(=O)c1cc(C(=O)OCC(=O)c2ccccc2)n(C)c1. The first-order valence-corrected chi connectivity index (χ1v) is 6.41. The maximum Gasteiger partial charge on any atom is 0.355 e. The van der Waals surface area contributed by atoms with Crippen molar-refractivity contribution in [1.82, 2.24) is 4.57 Å². The Morgan fingerprint density at radius 2 is 1.76 bits per heavy atom. The molecule has 0 saturated heterocycles. The number of rotatable bonds is 5. The molecule has 5 heteroatoms. The fourth-order valence-electron chi connectivity index (χ4n) is 1.87. The number of carbonyl (C=O) groups is 3. The first-order valence-electron chi connectivity index (χ1n) is 6.41. The number of hydrogen-bond donors (Lipinski definition) is 0. The van der Waals surface area contributed by atoms with E-state index in [2.05, 4.69) is 0 Å². The van der Waals surface area contributed by atoms with Crippen LogP contribution in [0.15, 0.2) is 42.6 Å². The molecule has 0 N–H and O–H groups in total. The van der Waals surface area contributed by atoms with Gasteiger partial charge in [-0.3, -0.25) is 9.59 Å². The van der Waals surface area contributed by atoms with Crippen LogP contribution in [-0.2, 0) is 11.8 Å². The van der Waals surface area contributed by atoms with Crippen LogP contribution in [0.1, 0.15) is 38.1 Å². The summed E-state index contributed by atoms with van der Waals surface area (Å²) in [6.45, 7) is 1.09. The van der Waals surface area contributed by atoms with Gasteiger partial charge in [-0.25, -0.2) is 4.79 Å². The van der Waals surface area contributed by atoms with E-state index in [1.54, 1.807) is 43.6 Å². The minimum Gasteiger partial charge on any atom is -0.453 e. The van der Waals surface area contributed by atoms with E-state index < -0.39 is 5.97 Å². The van der Waals surface area contributed by atoms with Crippen LogP contribution in [0.3, 0.4) is 0 Å². The molecule has 0 amide bonds. The second-order valence-electron chi connectivity index (χ2n) is 4.65. The summed E-state index contributed by atoms with van der Waals surface area (Å²) in [6, 6.07) is 10.1. The summed E-state index contributed by atoms with van der Waals surface area (Å²) in [5.41, 5.74) is 1.15. The van der Waals surface area contributed by atoms with Crippen LogP contribution < -0.4 is 0 Å². The summed E-state index contributed by atoms with van der Waals surface area (Å²) >= 11 is 0. The first-order chi connectivity index (χ1) is 9.99. The molecular formula is C16H15NO4. The maximum atomic E-state index is 11.9. The zero-order valence-electron chi connectivity index (χ0n) is 11.8. The number of Topliss-reactive ketones (excluding diaryl/α,β-unsaturated/α-hetero) is 2. The van der Waals surface area contributed by atoms with Gasteiger partial charge in [-0.1, -0.05) is 30.3 Å². The Bertz CT molecular complexity index is 686. The van der Waals surface area contributed by atoms with E-state index in [-0.39, 0.29) is 23.9 Å². The molecule has 0 spiro atoms. The normalized spacial score (nSPS) is 10.2. The summed E-state index contributed by atoms with van der Waals surface area (Å²) in [5.74, 6) is -1.04. The van der Waals surface area contributed by atoms with Gasteiger partial charge in [0.25, 0.3) is 0 Å². The van der Waals surface area contributed by atoms with Crippen molar-refractivity contribution in [2.75, 3.05) is 6.61 Å². The average molecular weight is 285 g/mol. The Hall–Kier alpha value is -2.69. The lowest BCUT2D eigenvalue weighted by molar-refractivity contribution is 0.0465. The molecular weight excluding hydrogens is 270 g/mol. The van der Waals surface area contributed by atoms with Crippen LogP contribution in [0.25, 0.3) is 0 Å². The molecule has 0 radical (unpaired) electrons. The third-order valence-electron chi connectivity index (χ3n) is 3.05. The van der Waals surface area contributed by atoms with Gasteiger partial charge < -0.3 is 9.30 Å². The van der Waals surface area contributed by atoms with Crippen molar-refractivity contribution in [3.8, 4) is 0 Å². The number of nitrogens with zero attached hydrogens (tertiary/aromatic N) is 1. The standard InChI is InChI=1S/C16H15NO4/c1-11(18)13-8-14(17(2)9-13)16(20)21-10-15(19)12-6-4-3-5-7-12/h3-9H,10H2,1-2H3. The highest BCUT2D eigenvalue weighted by atomic mass is 16.5. The maximum absolute atomic E-state index is 11.9. The largest absolute Gasteiger partial charge is 0.453 e. The number of esters is 1. The van der Waals surface area contributed by atoms with Crippen molar-refractivity contribution in [3.63, 3.8) is 0 Å². The Morgan fingerprint density at radius 1 is 1.10 bits per heavy atom. The highest BCUT2D eigenvalue weighted by molar-refractivity contribution is 6.00. The van der Waals surface area contributed by atoms with Crippen LogP contribution in [0.5, 0.6) is 0 Å². The highest BCUT2D eigenvalue weighted by Gasteiger charge is 2.16. The molecule has 0 aliphatic heterocycles. The quantitative estimate of drug-likeness (QED) is 0.624. The number of aromatic nitrogens is 1. The Balaban J connectivity index is 2.02. The van der Waals surface area contributed by atoms with Gasteiger partial charge in [0.1, 0.15) is 5.69 Å². The Morgan fingerprint density at radius 3 is 2.33 bits per heavy atom. The third-order valence-corrected chi connectivity index (χ3v) is 3.05.